The van der Waals surface area contributed by atoms with Gasteiger partial charge in [-0.2, -0.15) is 0 Å². The van der Waals surface area contributed by atoms with E-state index in [9.17, 15) is 4.79 Å². The minimum atomic E-state index is -0.271. The van der Waals surface area contributed by atoms with Crippen molar-refractivity contribution < 1.29 is 14.3 Å². The molecular formula is C8H12O3. The maximum absolute atomic E-state index is 11.1. The van der Waals surface area contributed by atoms with Crippen molar-refractivity contribution >= 4 is 5.97 Å². The van der Waals surface area contributed by atoms with Gasteiger partial charge >= 0.3 is 5.97 Å². The zero-order valence-electron chi connectivity index (χ0n) is 7.01. The molecule has 1 aliphatic rings. The fraction of sp³-hybridized carbons (Fsp3) is 0.625. The van der Waals surface area contributed by atoms with Gasteiger partial charge in [0.25, 0.3) is 0 Å². The first-order chi connectivity index (χ1) is 5.16. The molecule has 0 radical (unpaired) electrons. The second-order valence-electron chi connectivity index (χ2n) is 2.67. The van der Waals surface area contributed by atoms with Crippen LogP contribution in [0, 0.1) is 5.92 Å². The van der Waals surface area contributed by atoms with Crippen LogP contribution in [0.5, 0.6) is 0 Å². The van der Waals surface area contributed by atoms with Crippen molar-refractivity contribution in [3.63, 3.8) is 0 Å². The Morgan fingerprint density at radius 1 is 1.73 bits per heavy atom. The number of rotatable bonds is 1. The highest BCUT2D eigenvalue weighted by Crippen LogP contribution is 2.25. The molecule has 1 rings (SSSR count). The van der Waals surface area contributed by atoms with Crippen LogP contribution >= 0.6 is 0 Å². The lowest BCUT2D eigenvalue weighted by atomic mass is 10.0. The maximum Gasteiger partial charge on any atom is 0.337 e. The van der Waals surface area contributed by atoms with Gasteiger partial charge in [0.2, 0.25) is 0 Å². The van der Waals surface area contributed by atoms with E-state index in [-0.39, 0.29) is 11.9 Å². The fourth-order valence-corrected chi connectivity index (χ4v) is 1.21. The summed E-state index contributed by atoms with van der Waals surface area (Å²) >= 11 is 0. The smallest absolute Gasteiger partial charge is 0.337 e. The van der Waals surface area contributed by atoms with Gasteiger partial charge in [-0.1, -0.05) is 6.92 Å². The largest absolute Gasteiger partial charge is 0.497 e. The minimum Gasteiger partial charge on any atom is -0.497 e. The zero-order chi connectivity index (χ0) is 8.43. The molecule has 0 fully saturated rings. The minimum absolute atomic E-state index is 0.169. The van der Waals surface area contributed by atoms with Gasteiger partial charge in [0.1, 0.15) is 5.76 Å². The summed E-state index contributed by atoms with van der Waals surface area (Å²) in [5, 5.41) is 0. The van der Waals surface area contributed by atoms with E-state index in [2.05, 4.69) is 4.74 Å². The van der Waals surface area contributed by atoms with Crippen molar-refractivity contribution in [3.05, 3.63) is 11.3 Å². The molecule has 0 N–H and O–H groups in total. The van der Waals surface area contributed by atoms with Crippen molar-refractivity contribution in [2.75, 3.05) is 13.7 Å². The summed E-state index contributed by atoms with van der Waals surface area (Å²) in [7, 11) is 1.38. The third kappa shape index (κ3) is 1.37. The van der Waals surface area contributed by atoms with E-state index in [1.807, 2.05) is 6.92 Å². The predicted molar refractivity (Wildman–Crippen MR) is 39.8 cm³/mol. The molecular weight excluding hydrogens is 144 g/mol. The topological polar surface area (TPSA) is 35.5 Å². The molecule has 0 aromatic rings. The Hall–Kier alpha value is -0.990. The molecule has 0 aliphatic carbocycles. The number of hydrogen-bond acceptors (Lipinski definition) is 3. The van der Waals surface area contributed by atoms with Crippen LogP contribution < -0.4 is 0 Å². The van der Waals surface area contributed by atoms with Gasteiger partial charge in [-0.25, -0.2) is 4.79 Å². The van der Waals surface area contributed by atoms with Crippen molar-refractivity contribution in [3.8, 4) is 0 Å². The highest BCUT2D eigenvalue weighted by atomic mass is 16.5. The van der Waals surface area contributed by atoms with Crippen molar-refractivity contribution in [2.24, 2.45) is 5.92 Å². The predicted octanol–water partition coefficient (Wildman–Crippen LogP) is 1.10. The zero-order valence-corrected chi connectivity index (χ0v) is 7.01. The van der Waals surface area contributed by atoms with Gasteiger partial charge in [-0.15, -0.1) is 0 Å². The number of hydrogen-bond donors (Lipinski definition) is 0. The SMILES string of the molecule is COC(=O)C1=C(C)OCC1C. The lowest BCUT2D eigenvalue weighted by Crippen LogP contribution is -2.10. The third-order valence-electron chi connectivity index (χ3n) is 1.83. The van der Waals surface area contributed by atoms with Crippen LogP contribution in [-0.2, 0) is 14.3 Å². The molecule has 1 aliphatic heterocycles. The second kappa shape index (κ2) is 2.95. The van der Waals surface area contributed by atoms with Crippen molar-refractivity contribution in [1.29, 1.82) is 0 Å². The standard InChI is InChI=1S/C8H12O3/c1-5-4-11-6(2)7(5)8(9)10-3/h5H,4H2,1-3H3. The summed E-state index contributed by atoms with van der Waals surface area (Å²) in [6.07, 6.45) is 0. The van der Waals surface area contributed by atoms with E-state index in [1.165, 1.54) is 7.11 Å². The molecule has 1 atom stereocenters. The van der Waals surface area contributed by atoms with Crippen LogP contribution in [0.25, 0.3) is 0 Å². The molecule has 0 spiro atoms. The Morgan fingerprint density at radius 2 is 2.36 bits per heavy atom. The highest BCUT2D eigenvalue weighted by Gasteiger charge is 2.27. The molecule has 1 heterocycles. The van der Waals surface area contributed by atoms with E-state index in [0.29, 0.717) is 17.9 Å². The molecule has 1 unspecified atom stereocenters. The summed E-state index contributed by atoms with van der Waals surface area (Å²) in [6, 6.07) is 0. The van der Waals surface area contributed by atoms with Gasteiger partial charge in [0, 0.05) is 5.92 Å². The van der Waals surface area contributed by atoms with E-state index in [1.54, 1.807) is 6.92 Å². The Bertz CT molecular complexity index is 205. The van der Waals surface area contributed by atoms with Gasteiger partial charge in [-0.05, 0) is 6.92 Å². The van der Waals surface area contributed by atoms with Gasteiger partial charge < -0.3 is 9.47 Å². The normalized spacial score (nSPS) is 23.4. The van der Waals surface area contributed by atoms with E-state index in [4.69, 9.17) is 4.74 Å². The quantitative estimate of drug-likeness (QED) is 0.533. The number of ether oxygens (including phenoxy) is 2. The summed E-state index contributed by atoms with van der Waals surface area (Å²) < 4.78 is 9.78. The Morgan fingerprint density at radius 3 is 2.73 bits per heavy atom. The number of methoxy groups -OCH3 is 1. The summed E-state index contributed by atoms with van der Waals surface area (Å²) in [5.74, 6) is 0.597. The van der Waals surface area contributed by atoms with Crippen LogP contribution in [0.2, 0.25) is 0 Å². The number of carbonyl (C=O) groups excluding carboxylic acids is 1. The lowest BCUT2D eigenvalue weighted by Gasteiger charge is -2.02. The van der Waals surface area contributed by atoms with Crippen molar-refractivity contribution in [1.82, 2.24) is 0 Å². The fourth-order valence-electron chi connectivity index (χ4n) is 1.21. The summed E-state index contributed by atoms with van der Waals surface area (Å²) in [4.78, 5) is 11.1. The molecule has 0 aromatic heterocycles. The molecule has 0 saturated carbocycles. The molecule has 3 heteroatoms. The molecule has 0 saturated heterocycles. The Balaban J connectivity index is 2.83. The van der Waals surface area contributed by atoms with Gasteiger partial charge in [-0.3, -0.25) is 0 Å². The molecule has 0 bridgehead atoms. The molecule has 11 heavy (non-hydrogen) atoms. The monoisotopic (exact) mass is 156 g/mol. The first-order valence-corrected chi connectivity index (χ1v) is 3.58. The van der Waals surface area contributed by atoms with Gasteiger partial charge in [0.15, 0.2) is 0 Å². The summed E-state index contributed by atoms with van der Waals surface area (Å²) in [5.41, 5.74) is 0.674. The van der Waals surface area contributed by atoms with Crippen molar-refractivity contribution in [2.45, 2.75) is 13.8 Å². The maximum atomic E-state index is 11.1. The van der Waals surface area contributed by atoms with E-state index >= 15 is 0 Å². The highest BCUT2D eigenvalue weighted by molar-refractivity contribution is 5.89. The molecule has 0 amide bonds. The third-order valence-corrected chi connectivity index (χ3v) is 1.83. The molecule has 62 valence electrons. The van der Waals surface area contributed by atoms with Crippen LogP contribution in [0.3, 0.4) is 0 Å². The van der Waals surface area contributed by atoms with Gasteiger partial charge in [0.05, 0.1) is 19.3 Å². The molecule has 3 nitrogen and oxygen atoms in total. The van der Waals surface area contributed by atoms with E-state index in [0.717, 1.165) is 0 Å². The lowest BCUT2D eigenvalue weighted by molar-refractivity contribution is -0.136. The Labute approximate surface area is 66.0 Å². The Kier molecular flexibility index (Phi) is 2.17. The molecule has 0 aromatic carbocycles. The van der Waals surface area contributed by atoms with Crippen LogP contribution in [0.15, 0.2) is 11.3 Å². The number of allylic oxidation sites excluding steroid dienone is 1. The van der Waals surface area contributed by atoms with Crippen LogP contribution in [0.1, 0.15) is 13.8 Å². The van der Waals surface area contributed by atoms with E-state index < -0.39 is 0 Å². The number of esters is 1. The summed E-state index contributed by atoms with van der Waals surface area (Å²) in [6.45, 7) is 4.33. The first-order valence-electron chi connectivity index (χ1n) is 3.58. The van der Waals surface area contributed by atoms with Crippen LogP contribution in [-0.4, -0.2) is 19.7 Å². The second-order valence-corrected chi connectivity index (χ2v) is 2.67. The average molecular weight is 156 g/mol. The average Bonchev–Trinajstić information content (AvgIpc) is 2.30. The number of carbonyl (C=O) groups is 1. The first kappa shape index (κ1) is 8.11. The van der Waals surface area contributed by atoms with Crippen LogP contribution in [0.4, 0.5) is 0 Å².